The molecule has 36 heavy (non-hydrogen) atoms. The molecule has 2 aromatic carbocycles. The number of nitrogens with one attached hydrogen (secondary N) is 1. The van der Waals surface area contributed by atoms with Gasteiger partial charge in [0.1, 0.15) is 16.7 Å². The Bertz CT molecular complexity index is 1250. The first-order valence-electron chi connectivity index (χ1n) is 11.4. The number of nitrogen functional groups attached to an aromatic ring is 1. The zero-order valence-electron chi connectivity index (χ0n) is 21.0. The van der Waals surface area contributed by atoms with Crippen LogP contribution in [0.2, 0.25) is 0 Å². The van der Waals surface area contributed by atoms with E-state index in [0.29, 0.717) is 23.6 Å². The van der Waals surface area contributed by atoms with Gasteiger partial charge >= 0.3 is 0 Å². The summed E-state index contributed by atoms with van der Waals surface area (Å²) in [6.07, 6.45) is 0. The number of benzene rings is 2. The Morgan fingerprint density at radius 2 is 1.69 bits per heavy atom. The molecule has 1 aromatic heterocycles. The number of primary amides is 1. The van der Waals surface area contributed by atoms with Crippen molar-refractivity contribution in [2.75, 3.05) is 17.2 Å². The van der Waals surface area contributed by atoms with Gasteiger partial charge in [0.2, 0.25) is 5.91 Å². The number of hydrogen-bond acceptors (Lipinski definition) is 7. The van der Waals surface area contributed by atoms with Crippen LogP contribution in [-0.4, -0.2) is 34.2 Å². The number of carbonyl (C=O) groups is 3. The minimum atomic E-state index is -1.05. The Kier molecular flexibility index (Phi) is 7.99. The second kappa shape index (κ2) is 10.8. The molecule has 3 aromatic rings. The number of hydrogen-bond donors (Lipinski definition) is 3. The summed E-state index contributed by atoms with van der Waals surface area (Å²) in [6, 6.07) is 13.1. The van der Waals surface area contributed by atoms with E-state index in [0.717, 1.165) is 17.1 Å². The van der Waals surface area contributed by atoms with Crippen LogP contribution < -0.4 is 26.4 Å². The Labute approximate surface area is 214 Å². The molecule has 190 valence electrons. The maximum Gasteiger partial charge on any atom is 0.273 e. The van der Waals surface area contributed by atoms with Gasteiger partial charge in [-0.05, 0) is 76.0 Å². The molecule has 0 aliphatic carbocycles. The van der Waals surface area contributed by atoms with Crippen LogP contribution in [0.4, 0.5) is 11.4 Å². The van der Waals surface area contributed by atoms with Crippen molar-refractivity contribution >= 4 is 40.6 Å². The standard InChI is InChI=1S/C26H31N5O4S/c1-6-35-18-13-11-17(12-14-18)31(25(34)22-19(27)20(23(28)32)30-36-22)21(24(33)29-26(3,4)5)16-9-7-15(2)8-10-16/h7-14,21H,6,27H2,1-5H3,(H2,28,32)(H,29,33). The Hall–Kier alpha value is -3.92. The third-order valence-electron chi connectivity index (χ3n) is 5.20. The van der Waals surface area contributed by atoms with Crippen molar-refractivity contribution in [1.82, 2.24) is 9.69 Å². The van der Waals surface area contributed by atoms with E-state index in [4.69, 9.17) is 16.2 Å². The fourth-order valence-electron chi connectivity index (χ4n) is 3.60. The van der Waals surface area contributed by atoms with Gasteiger partial charge in [0.05, 0.1) is 12.3 Å². The minimum Gasteiger partial charge on any atom is -0.494 e. The van der Waals surface area contributed by atoms with E-state index < -0.39 is 23.4 Å². The van der Waals surface area contributed by atoms with E-state index in [1.807, 2.05) is 58.9 Å². The van der Waals surface area contributed by atoms with Gasteiger partial charge in [-0.15, -0.1) is 0 Å². The molecule has 1 unspecified atom stereocenters. The van der Waals surface area contributed by atoms with Crippen molar-refractivity contribution < 1.29 is 19.1 Å². The summed E-state index contributed by atoms with van der Waals surface area (Å²) in [6.45, 7) is 9.88. The van der Waals surface area contributed by atoms with E-state index in [1.54, 1.807) is 24.3 Å². The zero-order valence-corrected chi connectivity index (χ0v) is 21.8. The lowest BCUT2D eigenvalue weighted by Gasteiger charge is -2.33. The summed E-state index contributed by atoms with van der Waals surface area (Å²) in [4.78, 5) is 40.8. The van der Waals surface area contributed by atoms with Crippen LogP contribution in [0.15, 0.2) is 48.5 Å². The molecule has 0 bridgehead atoms. The van der Waals surface area contributed by atoms with Crippen molar-refractivity contribution in [3.63, 3.8) is 0 Å². The molecule has 0 saturated carbocycles. The summed E-state index contributed by atoms with van der Waals surface area (Å²) in [5.74, 6) is -1.19. The van der Waals surface area contributed by atoms with E-state index >= 15 is 0 Å². The lowest BCUT2D eigenvalue weighted by molar-refractivity contribution is -0.123. The highest BCUT2D eigenvalue weighted by Gasteiger charge is 2.37. The monoisotopic (exact) mass is 509 g/mol. The van der Waals surface area contributed by atoms with Crippen molar-refractivity contribution in [3.05, 3.63) is 70.2 Å². The maximum atomic E-state index is 14.0. The van der Waals surface area contributed by atoms with Crippen LogP contribution in [0.3, 0.4) is 0 Å². The van der Waals surface area contributed by atoms with Gasteiger partial charge in [-0.2, -0.15) is 4.37 Å². The minimum absolute atomic E-state index is 0.0124. The van der Waals surface area contributed by atoms with Crippen LogP contribution in [-0.2, 0) is 4.79 Å². The predicted octanol–water partition coefficient (Wildman–Crippen LogP) is 3.83. The number of nitrogens with two attached hydrogens (primary N) is 2. The molecular weight excluding hydrogens is 478 g/mol. The first-order valence-corrected chi connectivity index (χ1v) is 12.2. The van der Waals surface area contributed by atoms with E-state index in [9.17, 15) is 14.4 Å². The van der Waals surface area contributed by atoms with Crippen LogP contribution in [0.25, 0.3) is 0 Å². The number of aryl methyl sites for hydroxylation is 1. The summed E-state index contributed by atoms with van der Waals surface area (Å²) in [7, 11) is 0. The van der Waals surface area contributed by atoms with Gasteiger partial charge in [-0.1, -0.05) is 29.8 Å². The summed E-state index contributed by atoms with van der Waals surface area (Å²) in [5.41, 5.74) is 12.7. The molecule has 1 atom stereocenters. The molecule has 9 nitrogen and oxygen atoms in total. The maximum absolute atomic E-state index is 14.0. The number of carbonyl (C=O) groups excluding carboxylic acids is 3. The molecule has 3 rings (SSSR count). The highest BCUT2D eigenvalue weighted by atomic mass is 32.1. The van der Waals surface area contributed by atoms with Gasteiger partial charge in [0.25, 0.3) is 11.8 Å². The van der Waals surface area contributed by atoms with Crippen LogP contribution >= 0.6 is 11.5 Å². The third-order valence-corrected chi connectivity index (χ3v) is 6.05. The molecule has 0 radical (unpaired) electrons. The van der Waals surface area contributed by atoms with Crippen LogP contribution in [0.1, 0.15) is 65.0 Å². The average molecular weight is 510 g/mol. The quantitative estimate of drug-likeness (QED) is 0.421. The molecule has 5 N–H and O–H groups in total. The van der Waals surface area contributed by atoms with Gasteiger partial charge < -0.3 is 21.5 Å². The lowest BCUT2D eigenvalue weighted by atomic mass is 9.99. The Balaban J connectivity index is 2.21. The van der Waals surface area contributed by atoms with Gasteiger partial charge in [-0.25, -0.2) is 0 Å². The highest BCUT2D eigenvalue weighted by Crippen LogP contribution is 2.34. The Morgan fingerprint density at radius 3 is 2.19 bits per heavy atom. The molecule has 0 saturated heterocycles. The van der Waals surface area contributed by atoms with Crippen LogP contribution in [0, 0.1) is 6.92 Å². The SMILES string of the molecule is CCOc1ccc(N(C(=O)c2snc(C(N)=O)c2N)C(C(=O)NC(C)(C)C)c2ccc(C)cc2)cc1. The normalized spacial score (nSPS) is 12.0. The highest BCUT2D eigenvalue weighted by molar-refractivity contribution is 7.09. The molecular formula is C26H31N5O4S. The smallest absolute Gasteiger partial charge is 0.273 e. The number of nitrogens with zero attached hydrogens (tertiary/aromatic N) is 2. The third kappa shape index (κ3) is 6.01. The number of anilines is 2. The number of rotatable bonds is 8. The number of ether oxygens (including phenoxy) is 1. The topological polar surface area (TPSA) is 141 Å². The van der Waals surface area contributed by atoms with Crippen molar-refractivity contribution in [3.8, 4) is 5.75 Å². The van der Waals surface area contributed by atoms with Gasteiger partial charge in [-0.3, -0.25) is 19.3 Å². The predicted molar refractivity (Wildman–Crippen MR) is 141 cm³/mol. The first kappa shape index (κ1) is 26.7. The lowest BCUT2D eigenvalue weighted by Crippen LogP contribution is -2.49. The zero-order chi connectivity index (χ0) is 26.6. The molecule has 0 spiro atoms. The fraction of sp³-hybridized carbons (Fsp3) is 0.308. The fourth-order valence-corrected chi connectivity index (χ4v) is 4.34. The number of amides is 3. The molecule has 0 fully saturated rings. The van der Waals surface area contributed by atoms with E-state index in [-0.39, 0.29) is 22.2 Å². The van der Waals surface area contributed by atoms with Gasteiger partial charge in [0, 0.05) is 11.2 Å². The second-order valence-electron chi connectivity index (χ2n) is 9.29. The summed E-state index contributed by atoms with van der Waals surface area (Å²) >= 11 is 0.763. The van der Waals surface area contributed by atoms with Crippen molar-refractivity contribution in [1.29, 1.82) is 0 Å². The molecule has 0 aliphatic rings. The van der Waals surface area contributed by atoms with E-state index in [2.05, 4.69) is 9.69 Å². The second-order valence-corrected chi connectivity index (χ2v) is 10.1. The van der Waals surface area contributed by atoms with Gasteiger partial charge in [0.15, 0.2) is 5.69 Å². The molecule has 0 aliphatic heterocycles. The van der Waals surface area contributed by atoms with Crippen molar-refractivity contribution in [2.24, 2.45) is 5.73 Å². The van der Waals surface area contributed by atoms with Crippen LogP contribution in [0.5, 0.6) is 5.75 Å². The van der Waals surface area contributed by atoms with E-state index in [1.165, 1.54) is 4.90 Å². The summed E-state index contributed by atoms with van der Waals surface area (Å²) in [5, 5.41) is 2.98. The molecule has 10 heteroatoms. The Morgan fingerprint density at radius 1 is 1.08 bits per heavy atom. The first-order chi connectivity index (χ1) is 16.9. The largest absolute Gasteiger partial charge is 0.494 e. The average Bonchev–Trinajstić information content (AvgIpc) is 3.19. The molecule has 1 heterocycles. The summed E-state index contributed by atoms with van der Waals surface area (Å²) < 4.78 is 9.52. The molecule has 3 amide bonds. The van der Waals surface area contributed by atoms with Crippen molar-refractivity contribution in [2.45, 2.75) is 46.2 Å². The number of aromatic nitrogens is 1.